The first-order valence-corrected chi connectivity index (χ1v) is 13.0. The lowest BCUT2D eigenvalue weighted by molar-refractivity contribution is -0.189. The molecule has 1 rings (SSSR count). The molecule has 9 atom stereocenters. The number of rotatable bonds is 7. The van der Waals surface area contributed by atoms with Crippen LogP contribution in [0.1, 0.15) is 87.5 Å². The fourth-order valence-electron chi connectivity index (χ4n) is 5.08. The standard InChI is InChI=1S/C26H49NO8/c1-9-11-12-33-15-34-27-21-16(3)13-25(7,31)14-17(4)22(28)19(6)24(30)35-20(10-2)26(8,32)23(29)18(21)5/h16-20,22-23,28-29,31-32H,9-15H2,1-8H3/b27-21+/t16-,17-,18?,19-,20-,22+,23?,25-,26-/m1/s1. The number of aliphatic hydroxyl groups excluding tert-OH is 2. The number of unbranched alkanes of at least 4 members (excludes halogenated alkanes) is 1. The summed E-state index contributed by atoms with van der Waals surface area (Å²) in [5, 5.41) is 48.8. The predicted molar refractivity (Wildman–Crippen MR) is 134 cm³/mol. The van der Waals surface area contributed by atoms with E-state index in [1.807, 2.05) is 6.92 Å². The predicted octanol–water partition coefficient (Wildman–Crippen LogP) is 3.02. The summed E-state index contributed by atoms with van der Waals surface area (Å²) in [4.78, 5) is 18.2. The summed E-state index contributed by atoms with van der Waals surface area (Å²) in [5.41, 5.74) is -2.53. The summed E-state index contributed by atoms with van der Waals surface area (Å²) < 4.78 is 11.0. The van der Waals surface area contributed by atoms with Crippen LogP contribution < -0.4 is 0 Å². The third-order valence-electron chi connectivity index (χ3n) is 7.25. The maximum Gasteiger partial charge on any atom is 0.311 e. The molecule has 9 nitrogen and oxygen atoms in total. The second-order valence-electron chi connectivity index (χ2n) is 10.9. The van der Waals surface area contributed by atoms with E-state index in [4.69, 9.17) is 14.3 Å². The van der Waals surface area contributed by atoms with Crippen LogP contribution in [0.4, 0.5) is 0 Å². The Hall–Kier alpha value is -1.26. The van der Waals surface area contributed by atoms with Crippen LogP contribution in [-0.4, -0.2) is 75.0 Å². The second kappa shape index (κ2) is 13.9. The van der Waals surface area contributed by atoms with Gasteiger partial charge < -0.3 is 34.7 Å². The summed E-state index contributed by atoms with van der Waals surface area (Å²) in [7, 11) is 0. The van der Waals surface area contributed by atoms with Gasteiger partial charge in [-0.1, -0.05) is 46.2 Å². The van der Waals surface area contributed by atoms with Crippen LogP contribution in [0.25, 0.3) is 0 Å². The zero-order valence-electron chi connectivity index (χ0n) is 22.9. The van der Waals surface area contributed by atoms with Crippen molar-refractivity contribution in [3.8, 4) is 0 Å². The minimum Gasteiger partial charge on any atom is -0.459 e. The number of carbonyl (C=O) groups is 1. The van der Waals surface area contributed by atoms with Crippen LogP contribution >= 0.6 is 0 Å². The van der Waals surface area contributed by atoms with Crippen LogP contribution in [0.15, 0.2) is 5.16 Å². The lowest BCUT2D eigenvalue weighted by atomic mass is 9.75. The molecule has 0 amide bonds. The average molecular weight is 504 g/mol. The lowest BCUT2D eigenvalue weighted by Gasteiger charge is -2.41. The molecule has 0 aromatic carbocycles. The molecule has 0 spiro atoms. The van der Waals surface area contributed by atoms with Crippen molar-refractivity contribution in [1.29, 1.82) is 0 Å². The van der Waals surface area contributed by atoms with Gasteiger partial charge in [0.1, 0.15) is 11.7 Å². The van der Waals surface area contributed by atoms with Crippen molar-refractivity contribution < 1.29 is 39.5 Å². The quantitative estimate of drug-likeness (QED) is 0.180. The fraction of sp³-hybridized carbons (Fsp3) is 0.923. The van der Waals surface area contributed by atoms with Crippen molar-refractivity contribution >= 4 is 11.7 Å². The van der Waals surface area contributed by atoms with E-state index in [0.29, 0.717) is 12.3 Å². The van der Waals surface area contributed by atoms with Crippen molar-refractivity contribution in [2.45, 2.75) is 117 Å². The number of hydrogen-bond acceptors (Lipinski definition) is 9. The SMILES string of the molecule is CCCCOCO/N=C1/C(C)C(O)[C@](C)(O)[C@@H](CC)OC(=O)[C@H](C)[C@@H](O)[C@H](C)C[C@](C)(O)C[C@H]1C. The van der Waals surface area contributed by atoms with Crippen molar-refractivity contribution in [2.75, 3.05) is 13.4 Å². The van der Waals surface area contributed by atoms with Crippen LogP contribution in [0.5, 0.6) is 0 Å². The van der Waals surface area contributed by atoms with Crippen LogP contribution in [0, 0.1) is 23.7 Å². The molecule has 1 aliphatic rings. The minimum atomic E-state index is -1.80. The molecule has 9 heteroatoms. The summed E-state index contributed by atoms with van der Waals surface area (Å²) in [5.74, 6) is -2.92. The van der Waals surface area contributed by atoms with Gasteiger partial charge in [0.05, 0.1) is 36.0 Å². The fourth-order valence-corrected chi connectivity index (χ4v) is 5.08. The summed E-state index contributed by atoms with van der Waals surface area (Å²) in [6, 6.07) is 0. The molecule has 1 heterocycles. The van der Waals surface area contributed by atoms with E-state index in [9.17, 15) is 25.2 Å². The Labute approximate surface area is 210 Å². The Balaban J connectivity index is 3.37. The number of oxime groups is 1. The summed E-state index contributed by atoms with van der Waals surface area (Å²) in [6.07, 6.45) is -0.717. The van der Waals surface area contributed by atoms with Crippen LogP contribution in [0.3, 0.4) is 0 Å². The molecule has 2 unspecified atom stereocenters. The van der Waals surface area contributed by atoms with Crippen molar-refractivity contribution in [3.05, 3.63) is 0 Å². The van der Waals surface area contributed by atoms with Gasteiger partial charge >= 0.3 is 5.97 Å². The topological polar surface area (TPSA) is 138 Å². The summed E-state index contributed by atoms with van der Waals surface area (Å²) >= 11 is 0. The molecular formula is C26H49NO8. The number of cyclic esters (lactones) is 1. The molecule has 1 fully saturated rings. The molecule has 206 valence electrons. The maximum absolute atomic E-state index is 12.8. The Morgan fingerprint density at radius 3 is 2.26 bits per heavy atom. The zero-order valence-corrected chi connectivity index (χ0v) is 22.9. The smallest absolute Gasteiger partial charge is 0.311 e. The van der Waals surface area contributed by atoms with Gasteiger partial charge in [0.15, 0.2) is 0 Å². The first-order chi connectivity index (χ1) is 16.2. The van der Waals surface area contributed by atoms with E-state index >= 15 is 0 Å². The highest BCUT2D eigenvalue weighted by Crippen LogP contribution is 2.34. The molecule has 4 N–H and O–H groups in total. The molecule has 1 aliphatic heterocycles. The van der Waals surface area contributed by atoms with E-state index in [0.717, 1.165) is 12.8 Å². The Kier molecular flexibility index (Phi) is 12.6. The van der Waals surface area contributed by atoms with E-state index in [1.54, 1.807) is 34.6 Å². The normalized spacial score (nSPS) is 41.3. The number of carbonyl (C=O) groups excluding carboxylic acids is 1. The van der Waals surface area contributed by atoms with Crippen molar-refractivity contribution in [3.63, 3.8) is 0 Å². The zero-order chi connectivity index (χ0) is 27.0. The molecule has 0 aromatic rings. The van der Waals surface area contributed by atoms with Crippen LogP contribution in [-0.2, 0) is 19.1 Å². The Morgan fingerprint density at radius 1 is 1.06 bits per heavy atom. The van der Waals surface area contributed by atoms with Crippen molar-refractivity contribution in [1.82, 2.24) is 0 Å². The molecule has 1 saturated heterocycles. The second-order valence-corrected chi connectivity index (χ2v) is 10.9. The van der Waals surface area contributed by atoms with Gasteiger partial charge in [-0.2, -0.15) is 0 Å². The molecular weight excluding hydrogens is 454 g/mol. The molecule has 0 saturated carbocycles. The first-order valence-electron chi connectivity index (χ1n) is 13.0. The van der Waals surface area contributed by atoms with Gasteiger partial charge in [-0.3, -0.25) is 4.79 Å². The highest BCUT2D eigenvalue weighted by Gasteiger charge is 2.47. The van der Waals surface area contributed by atoms with Gasteiger partial charge in [0.25, 0.3) is 0 Å². The van der Waals surface area contributed by atoms with Gasteiger partial charge in [0.2, 0.25) is 6.79 Å². The van der Waals surface area contributed by atoms with E-state index in [-0.39, 0.29) is 32.0 Å². The molecule has 0 aromatic heterocycles. The first kappa shape index (κ1) is 31.8. The molecule has 35 heavy (non-hydrogen) atoms. The highest BCUT2D eigenvalue weighted by atomic mass is 16.7. The van der Waals surface area contributed by atoms with E-state index in [1.165, 1.54) is 6.92 Å². The van der Waals surface area contributed by atoms with E-state index in [2.05, 4.69) is 12.1 Å². The lowest BCUT2D eigenvalue weighted by Crippen LogP contribution is -2.56. The average Bonchev–Trinajstić information content (AvgIpc) is 2.78. The van der Waals surface area contributed by atoms with Crippen LogP contribution in [0.2, 0.25) is 0 Å². The Bertz CT molecular complexity index is 680. The maximum atomic E-state index is 12.8. The number of nitrogens with zero attached hydrogens (tertiary/aromatic N) is 1. The molecule has 0 radical (unpaired) electrons. The molecule has 0 aliphatic carbocycles. The van der Waals surface area contributed by atoms with Gasteiger partial charge in [-0.15, -0.1) is 0 Å². The largest absolute Gasteiger partial charge is 0.459 e. The third kappa shape index (κ3) is 8.97. The summed E-state index contributed by atoms with van der Waals surface area (Å²) in [6.45, 7) is 14.4. The number of ether oxygens (including phenoxy) is 2. The Morgan fingerprint density at radius 2 is 1.69 bits per heavy atom. The molecule has 0 bridgehead atoms. The van der Waals surface area contributed by atoms with Crippen molar-refractivity contribution in [2.24, 2.45) is 28.8 Å². The highest BCUT2D eigenvalue weighted by molar-refractivity contribution is 5.88. The van der Waals surface area contributed by atoms with Gasteiger partial charge in [-0.25, -0.2) is 0 Å². The monoisotopic (exact) mass is 503 g/mol. The minimum absolute atomic E-state index is 0.0534. The number of hydrogen-bond donors (Lipinski definition) is 4. The van der Waals surface area contributed by atoms with E-state index < -0.39 is 53.2 Å². The number of esters is 1. The third-order valence-corrected chi connectivity index (χ3v) is 7.25. The van der Waals surface area contributed by atoms with Gasteiger partial charge in [0, 0.05) is 11.8 Å². The van der Waals surface area contributed by atoms with Gasteiger partial charge in [-0.05, 0) is 52.4 Å². The number of aliphatic hydroxyl groups is 4.